The summed E-state index contributed by atoms with van der Waals surface area (Å²) in [7, 11) is 0. The molecule has 0 bridgehead atoms. The van der Waals surface area contributed by atoms with E-state index in [4.69, 9.17) is 0 Å². The quantitative estimate of drug-likeness (QED) is 0.820. The van der Waals surface area contributed by atoms with Gasteiger partial charge in [0.1, 0.15) is 0 Å². The summed E-state index contributed by atoms with van der Waals surface area (Å²) in [6, 6.07) is 9.75. The minimum Gasteiger partial charge on any atom is -0.385 e. The first-order valence-corrected chi connectivity index (χ1v) is 5.91. The lowest BCUT2D eigenvalue weighted by molar-refractivity contribution is 0.0606. The number of rotatable bonds is 4. The Balaban J connectivity index is 2.70. The van der Waals surface area contributed by atoms with Crippen molar-refractivity contribution in [3.63, 3.8) is 0 Å². The Morgan fingerprint density at radius 1 is 1.36 bits per heavy atom. The molecule has 0 fully saturated rings. The van der Waals surface area contributed by atoms with Crippen LogP contribution in [-0.2, 0) is 5.60 Å². The fourth-order valence-electron chi connectivity index (χ4n) is 1.29. The molecule has 0 aromatic heterocycles. The Morgan fingerprint density at radius 2 is 2.00 bits per heavy atom. The molecule has 1 atom stereocenters. The van der Waals surface area contributed by atoms with E-state index >= 15 is 0 Å². The predicted molar refractivity (Wildman–Crippen MR) is 63.3 cm³/mol. The Bertz CT molecular complexity index is 290. The van der Waals surface area contributed by atoms with Gasteiger partial charge in [0.2, 0.25) is 0 Å². The highest BCUT2D eigenvalue weighted by atomic mass is 32.2. The first kappa shape index (κ1) is 11.3. The van der Waals surface area contributed by atoms with Crippen LogP contribution in [0.5, 0.6) is 0 Å². The van der Waals surface area contributed by atoms with Crippen molar-refractivity contribution in [2.75, 3.05) is 6.26 Å². The van der Waals surface area contributed by atoms with Gasteiger partial charge >= 0.3 is 0 Å². The van der Waals surface area contributed by atoms with Crippen LogP contribution in [0.3, 0.4) is 0 Å². The Labute approximate surface area is 89.8 Å². The summed E-state index contributed by atoms with van der Waals surface area (Å²) in [5, 5.41) is 12.1. The molecule has 0 spiro atoms. The molecule has 1 N–H and O–H groups in total. The van der Waals surface area contributed by atoms with Crippen LogP contribution in [0.2, 0.25) is 0 Å². The zero-order chi connectivity index (χ0) is 10.4. The third-order valence-corrected chi connectivity index (χ3v) is 2.61. The van der Waals surface area contributed by atoms with Crippen molar-refractivity contribution in [1.29, 1.82) is 0 Å². The lowest BCUT2D eigenvalue weighted by Gasteiger charge is -2.21. The van der Waals surface area contributed by atoms with Gasteiger partial charge in [0.25, 0.3) is 0 Å². The van der Waals surface area contributed by atoms with Gasteiger partial charge in [0, 0.05) is 0 Å². The topological polar surface area (TPSA) is 20.2 Å². The van der Waals surface area contributed by atoms with Crippen LogP contribution in [0.15, 0.2) is 41.8 Å². The molecular formula is C12H16OS. The molecule has 0 unspecified atom stereocenters. The number of thioether (sulfide) groups is 1. The molecule has 0 aliphatic carbocycles. The van der Waals surface area contributed by atoms with Gasteiger partial charge in [-0.25, -0.2) is 0 Å². The van der Waals surface area contributed by atoms with Crippen molar-refractivity contribution in [2.24, 2.45) is 0 Å². The molecule has 0 saturated heterocycles. The van der Waals surface area contributed by atoms with Crippen LogP contribution in [0, 0.1) is 0 Å². The lowest BCUT2D eigenvalue weighted by Crippen LogP contribution is -2.19. The summed E-state index contributed by atoms with van der Waals surface area (Å²) >= 11 is 1.65. The van der Waals surface area contributed by atoms with E-state index in [2.05, 4.69) is 0 Å². The van der Waals surface area contributed by atoms with Gasteiger partial charge < -0.3 is 5.11 Å². The highest BCUT2D eigenvalue weighted by Crippen LogP contribution is 2.24. The second-order valence-electron chi connectivity index (χ2n) is 3.45. The Morgan fingerprint density at radius 3 is 2.57 bits per heavy atom. The van der Waals surface area contributed by atoms with Crippen LogP contribution in [0.25, 0.3) is 0 Å². The first-order valence-electron chi connectivity index (χ1n) is 4.62. The summed E-state index contributed by atoms with van der Waals surface area (Å²) < 4.78 is 0. The predicted octanol–water partition coefficient (Wildman–Crippen LogP) is 3.16. The van der Waals surface area contributed by atoms with Gasteiger partial charge in [-0.1, -0.05) is 36.4 Å². The van der Waals surface area contributed by atoms with Crippen molar-refractivity contribution in [1.82, 2.24) is 0 Å². The van der Waals surface area contributed by atoms with Crippen molar-refractivity contribution in [3.8, 4) is 0 Å². The SMILES string of the molecule is CS/C=C/C[C@@](C)(O)c1ccccc1. The molecule has 0 aliphatic rings. The molecule has 1 aromatic rings. The lowest BCUT2D eigenvalue weighted by atomic mass is 9.93. The maximum absolute atomic E-state index is 10.2. The third kappa shape index (κ3) is 3.20. The molecule has 0 aliphatic heterocycles. The second-order valence-corrected chi connectivity index (χ2v) is 4.20. The van der Waals surface area contributed by atoms with Crippen LogP contribution in [0.4, 0.5) is 0 Å². The molecule has 0 heterocycles. The molecule has 76 valence electrons. The van der Waals surface area contributed by atoms with Gasteiger partial charge in [-0.2, -0.15) is 0 Å². The Kier molecular flexibility index (Phi) is 4.23. The van der Waals surface area contributed by atoms with Gasteiger partial charge in [-0.15, -0.1) is 11.8 Å². The highest BCUT2D eigenvalue weighted by molar-refractivity contribution is 8.01. The van der Waals surface area contributed by atoms with Crippen LogP contribution in [0.1, 0.15) is 18.9 Å². The van der Waals surface area contributed by atoms with Gasteiger partial charge in [-0.3, -0.25) is 0 Å². The van der Waals surface area contributed by atoms with E-state index in [1.54, 1.807) is 11.8 Å². The van der Waals surface area contributed by atoms with Crippen molar-refractivity contribution in [3.05, 3.63) is 47.4 Å². The molecule has 0 radical (unpaired) electrons. The van der Waals surface area contributed by atoms with E-state index in [0.29, 0.717) is 6.42 Å². The standard InChI is InChI=1S/C12H16OS/c1-12(13,9-6-10-14-2)11-7-4-3-5-8-11/h3-8,10,13H,9H2,1-2H3/b10-6+/t12-/m1/s1. The van der Waals surface area contributed by atoms with E-state index in [1.807, 2.05) is 55.0 Å². The average Bonchev–Trinajstić information content (AvgIpc) is 2.19. The van der Waals surface area contributed by atoms with Crippen molar-refractivity contribution < 1.29 is 5.11 Å². The van der Waals surface area contributed by atoms with Gasteiger partial charge in [-0.05, 0) is 30.6 Å². The van der Waals surface area contributed by atoms with Gasteiger partial charge in [0.05, 0.1) is 5.60 Å². The third-order valence-electron chi connectivity index (χ3n) is 2.14. The van der Waals surface area contributed by atoms with Crippen LogP contribution in [-0.4, -0.2) is 11.4 Å². The van der Waals surface area contributed by atoms with Crippen molar-refractivity contribution in [2.45, 2.75) is 18.9 Å². The minimum atomic E-state index is -0.756. The Hall–Kier alpha value is -0.730. The molecule has 1 rings (SSSR count). The molecule has 1 aromatic carbocycles. The van der Waals surface area contributed by atoms with E-state index in [1.165, 1.54) is 0 Å². The summed E-state index contributed by atoms with van der Waals surface area (Å²) in [4.78, 5) is 0. The number of hydrogen-bond acceptors (Lipinski definition) is 2. The van der Waals surface area contributed by atoms with E-state index in [9.17, 15) is 5.11 Å². The smallest absolute Gasteiger partial charge is 0.0903 e. The summed E-state index contributed by atoms with van der Waals surface area (Å²) in [6.45, 7) is 1.84. The molecule has 1 nitrogen and oxygen atoms in total. The van der Waals surface area contributed by atoms with Gasteiger partial charge in [0.15, 0.2) is 0 Å². The maximum atomic E-state index is 10.2. The molecule has 0 amide bonds. The highest BCUT2D eigenvalue weighted by Gasteiger charge is 2.20. The molecule has 2 heteroatoms. The van der Waals surface area contributed by atoms with Crippen molar-refractivity contribution >= 4 is 11.8 Å². The minimum absolute atomic E-state index is 0.651. The number of hydrogen-bond donors (Lipinski definition) is 1. The normalized spacial score (nSPS) is 15.6. The molecular weight excluding hydrogens is 192 g/mol. The summed E-state index contributed by atoms with van der Waals surface area (Å²) in [5.74, 6) is 0. The van der Waals surface area contributed by atoms with E-state index in [0.717, 1.165) is 5.56 Å². The first-order chi connectivity index (χ1) is 6.67. The molecule has 0 saturated carbocycles. The fourth-order valence-corrected chi connectivity index (χ4v) is 1.58. The van der Waals surface area contributed by atoms with E-state index in [-0.39, 0.29) is 0 Å². The van der Waals surface area contributed by atoms with E-state index < -0.39 is 5.60 Å². The van der Waals surface area contributed by atoms with Crippen LogP contribution >= 0.6 is 11.8 Å². The monoisotopic (exact) mass is 208 g/mol. The second kappa shape index (κ2) is 5.23. The summed E-state index contributed by atoms with van der Waals surface area (Å²) in [6.07, 6.45) is 4.66. The van der Waals surface area contributed by atoms with Crippen LogP contribution < -0.4 is 0 Å². The number of aliphatic hydroxyl groups is 1. The zero-order valence-corrected chi connectivity index (χ0v) is 9.42. The number of benzene rings is 1. The molecule has 14 heavy (non-hydrogen) atoms. The largest absolute Gasteiger partial charge is 0.385 e. The zero-order valence-electron chi connectivity index (χ0n) is 8.60. The summed E-state index contributed by atoms with van der Waals surface area (Å²) in [5.41, 5.74) is 0.207. The average molecular weight is 208 g/mol. The fraction of sp³-hybridized carbons (Fsp3) is 0.333. The maximum Gasteiger partial charge on any atom is 0.0903 e.